The van der Waals surface area contributed by atoms with Crippen molar-refractivity contribution in [2.45, 2.75) is 52.3 Å². The Morgan fingerprint density at radius 3 is 2.68 bits per heavy atom. The molecule has 0 saturated heterocycles. The number of methoxy groups -OCH3 is 1. The summed E-state index contributed by atoms with van der Waals surface area (Å²) in [5.41, 5.74) is 0.0804. The first kappa shape index (κ1) is 16.4. The van der Waals surface area contributed by atoms with Crippen LogP contribution in [-0.4, -0.2) is 51.0 Å². The molecule has 0 heterocycles. The lowest BCUT2D eigenvalue weighted by molar-refractivity contribution is -0.130. The number of hydrogen-bond acceptors (Lipinski definition) is 4. The molecule has 3 atom stereocenters. The van der Waals surface area contributed by atoms with Crippen molar-refractivity contribution in [3.05, 3.63) is 0 Å². The molecule has 0 bridgehead atoms. The maximum Gasteiger partial charge on any atom is 0.236 e. The summed E-state index contributed by atoms with van der Waals surface area (Å²) in [6.07, 6.45) is 1.26. The van der Waals surface area contributed by atoms with Crippen LogP contribution in [-0.2, 0) is 14.3 Å². The molecule has 1 saturated carbocycles. The second-order valence-corrected chi connectivity index (χ2v) is 5.73. The lowest BCUT2D eigenvalue weighted by atomic mass is 9.64. The second-order valence-electron chi connectivity index (χ2n) is 5.73. The van der Waals surface area contributed by atoms with Crippen molar-refractivity contribution < 1.29 is 14.3 Å². The third-order valence-corrected chi connectivity index (χ3v) is 4.00. The van der Waals surface area contributed by atoms with Crippen LogP contribution in [0.1, 0.15) is 34.1 Å². The maximum atomic E-state index is 11.9. The Balaban J connectivity index is 2.33. The summed E-state index contributed by atoms with van der Waals surface area (Å²) < 4.78 is 10.6. The monoisotopic (exact) mass is 272 g/mol. The molecule has 1 fully saturated rings. The van der Waals surface area contributed by atoms with Gasteiger partial charge in [-0.15, -0.1) is 0 Å². The van der Waals surface area contributed by atoms with E-state index in [0.717, 1.165) is 13.0 Å². The van der Waals surface area contributed by atoms with E-state index in [9.17, 15) is 4.79 Å². The fourth-order valence-electron chi connectivity index (χ4n) is 2.46. The van der Waals surface area contributed by atoms with E-state index in [4.69, 9.17) is 9.47 Å². The van der Waals surface area contributed by atoms with Crippen molar-refractivity contribution in [1.82, 2.24) is 10.6 Å². The molecule has 0 aromatic rings. The van der Waals surface area contributed by atoms with E-state index in [-0.39, 0.29) is 17.4 Å². The highest BCUT2D eigenvalue weighted by atomic mass is 16.5. The molecule has 0 radical (unpaired) electrons. The normalized spacial score (nSPS) is 26.6. The van der Waals surface area contributed by atoms with E-state index < -0.39 is 0 Å². The van der Waals surface area contributed by atoms with Gasteiger partial charge in [-0.25, -0.2) is 0 Å². The van der Waals surface area contributed by atoms with Crippen LogP contribution in [0.4, 0.5) is 0 Å². The zero-order chi connectivity index (χ0) is 14.5. The lowest BCUT2D eigenvalue weighted by Crippen LogP contribution is -2.64. The predicted molar refractivity (Wildman–Crippen MR) is 75.1 cm³/mol. The largest absolute Gasteiger partial charge is 0.383 e. The number of carbonyl (C=O) groups excluding carboxylic acids is 1. The molecule has 1 aliphatic rings. The van der Waals surface area contributed by atoms with Crippen molar-refractivity contribution in [3.63, 3.8) is 0 Å². The minimum Gasteiger partial charge on any atom is -0.383 e. The van der Waals surface area contributed by atoms with Crippen LogP contribution < -0.4 is 10.6 Å². The molecular formula is C14H28N2O3. The fourth-order valence-corrected chi connectivity index (χ4v) is 2.46. The molecule has 0 aromatic heterocycles. The third kappa shape index (κ3) is 4.16. The van der Waals surface area contributed by atoms with Crippen molar-refractivity contribution in [2.75, 3.05) is 26.9 Å². The van der Waals surface area contributed by atoms with E-state index >= 15 is 0 Å². The molecule has 1 aliphatic carbocycles. The average Bonchev–Trinajstić information content (AvgIpc) is 2.37. The zero-order valence-electron chi connectivity index (χ0n) is 12.8. The maximum absolute atomic E-state index is 11.9. The zero-order valence-corrected chi connectivity index (χ0v) is 12.8. The van der Waals surface area contributed by atoms with Gasteiger partial charge in [0.25, 0.3) is 0 Å². The van der Waals surface area contributed by atoms with Gasteiger partial charge in [-0.3, -0.25) is 4.79 Å². The minimum atomic E-state index is -0.191. The molecule has 112 valence electrons. The average molecular weight is 272 g/mol. The van der Waals surface area contributed by atoms with Crippen LogP contribution in [0.3, 0.4) is 0 Å². The lowest BCUT2D eigenvalue weighted by Gasteiger charge is -2.52. The first-order valence-corrected chi connectivity index (χ1v) is 7.07. The topological polar surface area (TPSA) is 59.6 Å². The predicted octanol–water partition coefficient (Wildman–Crippen LogP) is 0.931. The highest BCUT2D eigenvalue weighted by molar-refractivity contribution is 5.81. The molecule has 5 heteroatoms. The van der Waals surface area contributed by atoms with Crippen LogP contribution in [0.25, 0.3) is 0 Å². The van der Waals surface area contributed by atoms with Gasteiger partial charge in [0.1, 0.15) is 0 Å². The van der Waals surface area contributed by atoms with Gasteiger partial charge in [-0.05, 0) is 20.3 Å². The molecule has 5 nitrogen and oxygen atoms in total. The quantitative estimate of drug-likeness (QED) is 0.645. The van der Waals surface area contributed by atoms with Gasteiger partial charge in [0.15, 0.2) is 0 Å². The number of amides is 1. The Kier molecular flexibility index (Phi) is 6.23. The smallest absolute Gasteiger partial charge is 0.236 e. The Labute approximate surface area is 116 Å². The minimum absolute atomic E-state index is 0.0210. The molecule has 2 N–H and O–H groups in total. The van der Waals surface area contributed by atoms with Gasteiger partial charge in [-0.1, -0.05) is 13.8 Å². The molecular weight excluding hydrogens is 244 g/mol. The van der Waals surface area contributed by atoms with Crippen molar-refractivity contribution in [2.24, 2.45) is 5.41 Å². The molecule has 0 aliphatic heterocycles. The van der Waals surface area contributed by atoms with Gasteiger partial charge in [0.05, 0.1) is 18.8 Å². The van der Waals surface area contributed by atoms with Gasteiger partial charge >= 0.3 is 0 Å². The molecule has 1 amide bonds. The molecule has 1 rings (SSSR count). The number of ether oxygens (including phenoxy) is 2. The Bertz CT molecular complexity index is 294. The van der Waals surface area contributed by atoms with Crippen molar-refractivity contribution in [3.8, 4) is 0 Å². The van der Waals surface area contributed by atoms with Gasteiger partial charge < -0.3 is 20.1 Å². The molecule has 0 spiro atoms. The first-order chi connectivity index (χ1) is 8.93. The second kappa shape index (κ2) is 7.22. The summed E-state index contributed by atoms with van der Waals surface area (Å²) in [5.74, 6) is 0.0210. The summed E-state index contributed by atoms with van der Waals surface area (Å²) in [4.78, 5) is 11.9. The van der Waals surface area contributed by atoms with Crippen LogP contribution in [0, 0.1) is 5.41 Å². The van der Waals surface area contributed by atoms with Gasteiger partial charge in [-0.2, -0.15) is 0 Å². The SMILES string of the molecule is CCOC1CC(NC(C)C(=O)NCCOC)C1(C)C. The van der Waals surface area contributed by atoms with E-state index in [0.29, 0.717) is 25.3 Å². The highest BCUT2D eigenvalue weighted by Gasteiger charge is 2.49. The van der Waals surface area contributed by atoms with Crippen molar-refractivity contribution in [1.29, 1.82) is 0 Å². The number of rotatable bonds is 8. The molecule has 0 aromatic carbocycles. The number of nitrogens with one attached hydrogen (secondary N) is 2. The van der Waals surface area contributed by atoms with E-state index in [1.807, 2.05) is 13.8 Å². The Morgan fingerprint density at radius 2 is 2.16 bits per heavy atom. The number of carbonyl (C=O) groups is 1. The van der Waals surface area contributed by atoms with Crippen LogP contribution in [0.5, 0.6) is 0 Å². The molecule has 19 heavy (non-hydrogen) atoms. The summed E-state index contributed by atoms with van der Waals surface area (Å²) >= 11 is 0. The highest BCUT2D eigenvalue weighted by Crippen LogP contribution is 2.42. The Hall–Kier alpha value is -0.650. The standard InChI is InChI=1S/C14H28N2O3/c1-6-19-12-9-11(14(12,3)4)16-10(2)13(17)15-7-8-18-5/h10-12,16H,6-9H2,1-5H3,(H,15,17). The van der Waals surface area contributed by atoms with Crippen molar-refractivity contribution >= 4 is 5.91 Å². The van der Waals surface area contributed by atoms with Gasteiger partial charge in [0, 0.05) is 31.7 Å². The first-order valence-electron chi connectivity index (χ1n) is 7.07. The van der Waals surface area contributed by atoms with Crippen LogP contribution in [0.2, 0.25) is 0 Å². The van der Waals surface area contributed by atoms with E-state index in [1.54, 1.807) is 7.11 Å². The van der Waals surface area contributed by atoms with Crippen LogP contribution in [0.15, 0.2) is 0 Å². The summed E-state index contributed by atoms with van der Waals surface area (Å²) in [5, 5.41) is 6.23. The Morgan fingerprint density at radius 1 is 1.47 bits per heavy atom. The summed E-state index contributed by atoms with van der Waals surface area (Å²) in [7, 11) is 1.62. The third-order valence-electron chi connectivity index (χ3n) is 4.00. The summed E-state index contributed by atoms with van der Waals surface area (Å²) in [6, 6.07) is 0.135. The van der Waals surface area contributed by atoms with E-state index in [1.165, 1.54) is 0 Å². The number of hydrogen-bond donors (Lipinski definition) is 2. The fraction of sp³-hybridized carbons (Fsp3) is 0.929. The summed E-state index contributed by atoms with van der Waals surface area (Å²) in [6.45, 7) is 10.1. The van der Waals surface area contributed by atoms with Gasteiger partial charge in [0.2, 0.25) is 5.91 Å². The van der Waals surface area contributed by atoms with Crippen LogP contribution >= 0.6 is 0 Å². The molecule has 3 unspecified atom stereocenters. The van der Waals surface area contributed by atoms with E-state index in [2.05, 4.69) is 24.5 Å².